The smallest absolute Gasteiger partial charge is 0.335 e. The lowest BCUT2D eigenvalue weighted by Crippen LogP contribution is -2.25. The first kappa shape index (κ1) is 12.6. The summed E-state index contributed by atoms with van der Waals surface area (Å²) in [6, 6.07) is 6.99. The van der Waals surface area contributed by atoms with Crippen LogP contribution < -0.4 is 4.74 Å². The maximum absolute atomic E-state index is 11.0. The SMILES string of the molecule is C=C(C(=O)O)c1ccccc1OC1CCCCO1. The van der Waals surface area contributed by atoms with Gasteiger partial charge in [-0.2, -0.15) is 0 Å². The van der Waals surface area contributed by atoms with Gasteiger partial charge >= 0.3 is 5.97 Å². The van der Waals surface area contributed by atoms with E-state index in [1.165, 1.54) is 0 Å². The number of ether oxygens (including phenoxy) is 2. The van der Waals surface area contributed by atoms with Crippen LogP contribution in [0.2, 0.25) is 0 Å². The minimum Gasteiger partial charge on any atom is -0.478 e. The second kappa shape index (κ2) is 5.69. The fourth-order valence-corrected chi connectivity index (χ4v) is 1.88. The van der Waals surface area contributed by atoms with Crippen molar-refractivity contribution >= 4 is 11.5 Å². The van der Waals surface area contributed by atoms with E-state index in [4.69, 9.17) is 14.6 Å². The Morgan fingerprint density at radius 1 is 1.39 bits per heavy atom. The maximum Gasteiger partial charge on any atom is 0.335 e. The molecule has 4 nitrogen and oxygen atoms in total. The van der Waals surface area contributed by atoms with Crippen LogP contribution in [0.3, 0.4) is 0 Å². The summed E-state index contributed by atoms with van der Waals surface area (Å²) in [5, 5.41) is 8.98. The van der Waals surface area contributed by atoms with Gasteiger partial charge in [-0.25, -0.2) is 4.79 Å². The molecule has 1 aliphatic heterocycles. The van der Waals surface area contributed by atoms with Crippen molar-refractivity contribution in [3.63, 3.8) is 0 Å². The molecule has 1 aromatic carbocycles. The summed E-state index contributed by atoms with van der Waals surface area (Å²) >= 11 is 0. The van der Waals surface area contributed by atoms with E-state index in [2.05, 4.69) is 6.58 Å². The van der Waals surface area contributed by atoms with E-state index < -0.39 is 5.97 Å². The molecule has 96 valence electrons. The van der Waals surface area contributed by atoms with Crippen molar-refractivity contribution in [3.05, 3.63) is 36.4 Å². The van der Waals surface area contributed by atoms with E-state index in [-0.39, 0.29) is 11.9 Å². The highest BCUT2D eigenvalue weighted by Crippen LogP contribution is 2.27. The van der Waals surface area contributed by atoms with Gasteiger partial charge in [-0.05, 0) is 18.9 Å². The van der Waals surface area contributed by atoms with Gasteiger partial charge in [0.25, 0.3) is 0 Å². The molecule has 0 spiro atoms. The van der Waals surface area contributed by atoms with Crippen molar-refractivity contribution in [2.45, 2.75) is 25.6 Å². The normalized spacial score (nSPS) is 19.2. The molecule has 0 amide bonds. The van der Waals surface area contributed by atoms with Gasteiger partial charge < -0.3 is 14.6 Å². The van der Waals surface area contributed by atoms with Gasteiger partial charge in [0, 0.05) is 12.0 Å². The number of benzene rings is 1. The Bertz CT molecular complexity index is 447. The molecular formula is C14H16O4. The standard InChI is InChI=1S/C14H16O4/c1-10(14(15)16)11-6-2-3-7-12(11)18-13-8-4-5-9-17-13/h2-3,6-7,13H,1,4-5,8-9H2,(H,15,16). The number of carboxylic acids is 1. The molecule has 1 unspecified atom stereocenters. The van der Waals surface area contributed by atoms with Gasteiger partial charge in [-0.3, -0.25) is 0 Å². The number of hydrogen-bond acceptors (Lipinski definition) is 3. The predicted molar refractivity (Wildman–Crippen MR) is 67.3 cm³/mol. The number of para-hydroxylation sites is 1. The van der Waals surface area contributed by atoms with E-state index in [9.17, 15) is 4.79 Å². The molecule has 1 aromatic rings. The van der Waals surface area contributed by atoms with E-state index in [0.717, 1.165) is 19.3 Å². The van der Waals surface area contributed by atoms with Crippen LogP contribution in [-0.4, -0.2) is 24.0 Å². The molecule has 0 bridgehead atoms. The monoisotopic (exact) mass is 248 g/mol. The zero-order valence-electron chi connectivity index (χ0n) is 10.1. The first-order valence-corrected chi connectivity index (χ1v) is 5.98. The van der Waals surface area contributed by atoms with Crippen LogP contribution in [-0.2, 0) is 9.53 Å². The molecule has 1 heterocycles. The zero-order chi connectivity index (χ0) is 13.0. The van der Waals surface area contributed by atoms with Crippen LogP contribution in [0.25, 0.3) is 5.57 Å². The minimum absolute atomic E-state index is 0.0291. The Labute approximate surface area is 106 Å². The van der Waals surface area contributed by atoms with Gasteiger partial charge in [0.05, 0.1) is 12.2 Å². The van der Waals surface area contributed by atoms with Crippen molar-refractivity contribution in [2.24, 2.45) is 0 Å². The predicted octanol–water partition coefficient (Wildman–Crippen LogP) is 2.69. The zero-order valence-corrected chi connectivity index (χ0v) is 10.1. The van der Waals surface area contributed by atoms with Crippen LogP contribution in [0.15, 0.2) is 30.8 Å². The van der Waals surface area contributed by atoms with E-state index in [0.29, 0.717) is 17.9 Å². The van der Waals surface area contributed by atoms with Crippen LogP contribution in [0.5, 0.6) is 5.75 Å². The topological polar surface area (TPSA) is 55.8 Å². The number of rotatable bonds is 4. The average Bonchev–Trinajstić information content (AvgIpc) is 2.39. The highest BCUT2D eigenvalue weighted by atomic mass is 16.7. The summed E-state index contributed by atoms with van der Waals surface area (Å²) < 4.78 is 11.2. The lowest BCUT2D eigenvalue weighted by atomic mass is 10.1. The summed E-state index contributed by atoms with van der Waals surface area (Å²) in [5.74, 6) is -0.535. The largest absolute Gasteiger partial charge is 0.478 e. The molecule has 0 aliphatic carbocycles. The molecule has 4 heteroatoms. The molecular weight excluding hydrogens is 232 g/mol. The average molecular weight is 248 g/mol. The Morgan fingerprint density at radius 2 is 2.17 bits per heavy atom. The molecule has 1 fully saturated rings. The lowest BCUT2D eigenvalue weighted by Gasteiger charge is -2.24. The Morgan fingerprint density at radius 3 is 2.83 bits per heavy atom. The minimum atomic E-state index is -1.05. The van der Waals surface area contributed by atoms with Gasteiger partial charge in [0.2, 0.25) is 0 Å². The number of aliphatic carboxylic acids is 1. The third-order valence-electron chi connectivity index (χ3n) is 2.87. The summed E-state index contributed by atoms with van der Waals surface area (Å²) in [4.78, 5) is 11.0. The highest BCUT2D eigenvalue weighted by Gasteiger charge is 2.19. The van der Waals surface area contributed by atoms with E-state index >= 15 is 0 Å². The van der Waals surface area contributed by atoms with Crippen molar-refractivity contribution < 1.29 is 19.4 Å². The van der Waals surface area contributed by atoms with E-state index in [1.54, 1.807) is 24.3 Å². The summed E-state index contributed by atoms with van der Waals surface area (Å²) in [6.45, 7) is 4.25. The molecule has 0 aromatic heterocycles. The summed E-state index contributed by atoms with van der Waals surface area (Å²) in [5.41, 5.74) is 0.528. The summed E-state index contributed by atoms with van der Waals surface area (Å²) in [7, 11) is 0. The van der Waals surface area contributed by atoms with Crippen molar-refractivity contribution in [1.29, 1.82) is 0 Å². The van der Waals surface area contributed by atoms with Crippen molar-refractivity contribution in [3.8, 4) is 5.75 Å². The van der Waals surface area contributed by atoms with Gasteiger partial charge in [0.1, 0.15) is 5.75 Å². The fraction of sp³-hybridized carbons (Fsp3) is 0.357. The second-order valence-electron chi connectivity index (χ2n) is 4.19. The van der Waals surface area contributed by atoms with E-state index in [1.807, 2.05) is 0 Å². The number of carbonyl (C=O) groups is 1. The van der Waals surface area contributed by atoms with Crippen LogP contribution in [0.4, 0.5) is 0 Å². The Balaban J connectivity index is 2.16. The molecule has 1 atom stereocenters. The molecule has 1 saturated heterocycles. The van der Waals surface area contributed by atoms with Gasteiger partial charge in [-0.15, -0.1) is 0 Å². The van der Waals surface area contributed by atoms with Gasteiger partial charge in [-0.1, -0.05) is 24.8 Å². The quantitative estimate of drug-likeness (QED) is 0.832. The molecule has 0 saturated carbocycles. The van der Waals surface area contributed by atoms with Crippen LogP contribution in [0.1, 0.15) is 24.8 Å². The first-order chi connectivity index (χ1) is 8.68. The van der Waals surface area contributed by atoms with Crippen molar-refractivity contribution in [1.82, 2.24) is 0 Å². The van der Waals surface area contributed by atoms with Gasteiger partial charge in [0.15, 0.2) is 6.29 Å². The molecule has 0 radical (unpaired) electrons. The Hall–Kier alpha value is -1.81. The van der Waals surface area contributed by atoms with Crippen molar-refractivity contribution in [2.75, 3.05) is 6.61 Å². The van der Waals surface area contributed by atoms with Crippen LogP contribution in [0, 0.1) is 0 Å². The number of carboxylic acid groups (broad SMARTS) is 1. The Kier molecular flexibility index (Phi) is 3.99. The van der Waals surface area contributed by atoms with Crippen LogP contribution >= 0.6 is 0 Å². The molecule has 18 heavy (non-hydrogen) atoms. The molecule has 2 rings (SSSR count). The lowest BCUT2D eigenvalue weighted by molar-refractivity contribution is -0.130. The fourth-order valence-electron chi connectivity index (χ4n) is 1.88. The second-order valence-corrected chi connectivity index (χ2v) is 4.19. The first-order valence-electron chi connectivity index (χ1n) is 5.98. The summed E-state index contributed by atoms with van der Waals surface area (Å²) in [6.07, 6.45) is 2.64. The highest BCUT2D eigenvalue weighted by molar-refractivity contribution is 6.15. The molecule has 1 N–H and O–H groups in total. The third kappa shape index (κ3) is 2.90. The third-order valence-corrected chi connectivity index (χ3v) is 2.87. The molecule has 1 aliphatic rings. The number of hydrogen-bond donors (Lipinski definition) is 1. The maximum atomic E-state index is 11.0.